The summed E-state index contributed by atoms with van der Waals surface area (Å²) in [6.45, 7) is 1.51. The van der Waals surface area contributed by atoms with Crippen LogP contribution in [0.3, 0.4) is 0 Å². The summed E-state index contributed by atoms with van der Waals surface area (Å²) in [5, 5.41) is 11.9. The summed E-state index contributed by atoms with van der Waals surface area (Å²) in [6, 6.07) is 0. The third-order valence-corrected chi connectivity index (χ3v) is 2.17. The fourth-order valence-electron chi connectivity index (χ4n) is 0.811. The second kappa shape index (κ2) is 3.99. The largest absolute Gasteiger partial charge is 0.465 e. The molecule has 6 heteroatoms. The fourth-order valence-corrected chi connectivity index (χ4v) is 1.53. The number of aromatic nitrogens is 1. The van der Waals surface area contributed by atoms with Crippen LogP contribution in [0.1, 0.15) is 16.1 Å². The van der Waals surface area contributed by atoms with E-state index in [-0.39, 0.29) is 12.3 Å². The van der Waals surface area contributed by atoms with Crippen LogP contribution in [0.25, 0.3) is 0 Å². The van der Waals surface area contributed by atoms with Gasteiger partial charge in [0.05, 0.1) is 17.8 Å². The molecule has 0 atom stereocenters. The van der Waals surface area contributed by atoms with Gasteiger partial charge in [0.25, 0.3) is 0 Å². The van der Waals surface area contributed by atoms with E-state index in [2.05, 4.69) is 4.37 Å². The molecule has 0 aliphatic carbocycles. The molecule has 0 bridgehead atoms. The van der Waals surface area contributed by atoms with E-state index in [1.165, 1.54) is 11.5 Å². The van der Waals surface area contributed by atoms with Crippen molar-refractivity contribution in [3.8, 4) is 0 Å². The highest BCUT2D eigenvalue weighted by molar-refractivity contribution is 7.03. The lowest BCUT2D eigenvalue weighted by Gasteiger charge is -1.98. The summed E-state index contributed by atoms with van der Waals surface area (Å²) in [5.41, 5.74) is 1.13. The van der Waals surface area contributed by atoms with Crippen molar-refractivity contribution in [3.05, 3.63) is 16.6 Å². The lowest BCUT2D eigenvalue weighted by atomic mass is 10.2. The van der Waals surface area contributed by atoms with Crippen molar-refractivity contribution in [2.24, 2.45) is 0 Å². The molecule has 1 aromatic rings. The van der Waals surface area contributed by atoms with Crippen LogP contribution in [0, 0.1) is 6.92 Å². The SMILES string of the molecule is Cc1nscc1C(=O)CNC(=O)O. The van der Waals surface area contributed by atoms with E-state index in [4.69, 9.17) is 5.11 Å². The van der Waals surface area contributed by atoms with Gasteiger partial charge in [0.15, 0.2) is 5.78 Å². The normalized spacial score (nSPS) is 9.62. The quantitative estimate of drug-likeness (QED) is 0.710. The zero-order valence-electron chi connectivity index (χ0n) is 6.90. The fraction of sp³-hybridized carbons (Fsp3) is 0.286. The summed E-state index contributed by atoms with van der Waals surface area (Å²) < 4.78 is 3.91. The average Bonchev–Trinajstić information content (AvgIpc) is 2.47. The van der Waals surface area contributed by atoms with Gasteiger partial charge in [-0.05, 0) is 18.5 Å². The number of carbonyl (C=O) groups is 2. The van der Waals surface area contributed by atoms with Crippen molar-refractivity contribution in [2.45, 2.75) is 6.92 Å². The first kappa shape index (κ1) is 9.66. The predicted octanol–water partition coefficient (Wildman–Crippen LogP) is 0.902. The van der Waals surface area contributed by atoms with Gasteiger partial charge >= 0.3 is 6.09 Å². The topological polar surface area (TPSA) is 79.3 Å². The highest BCUT2D eigenvalue weighted by Crippen LogP contribution is 2.09. The molecule has 1 heterocycles. The molecule has 1 rings (SSSR count). The zero-order chi connectivity index (χ0) is 9.84. The Kier molecular flexibility index (Phi) is 2.97. The summed E-state index contributed by atoms with van der Waals surface area (Å²) in [7, 11) is 0. The van der Waals surface area contributed by atoms with E-state index in [9.17, 15) is 9.59 Å². The van der Waals surface area contributed by atoms with E-state index >= 15 is 0 Å². The minimum atomic E-state index is -1.20. The molecule has 0 saturated carbocycles. The van der Waals surface area contributed by atoms with E-state index in [0.29, 0.717) is 11.3 Å². The molecule has 5 nitrogen and oxygen atoms in total. The number of Topliss-reactive ketones (excluding diaryl/α,β-unsaturated/α-hetero) is 1. The number of nitrogens with one attached hydrogen (secondary N) is 1. The molecule has 0 fully saturated rings. The molecule has 0 radical (unpaired) electrons. The van der Waals surface area contributed by atoms with Crippen molar-refractivity contribution < 1.29 is 14.7 Å². The molecule has 1 aromatic heterocycles. The Morgan fingerprint density at radius 3 is 2.85 bits per heavy atom. The molecule has 0 aliphatic heterocycles. The Hall–Kier alpha value is -1.43. The van der Waals surface area contributed by atoms with Gasteiger partial charge in [-0.2, -0.15) is 4.37 Å². The number of amides is 1. The lowest BCUT2D eigenvalue weighted by Crippen LogP contribution is -2.27. The van der Waals surface area contributed by atoms with Crippen LogP contribution in [0.4, 0.5) is 4.79 Å². The van der Waals surface area contributed by atoms with Crippen molar-refractivity contribution in [1.29, 1.82) is 0 Å². The van der Waals surface area contributed by atoms with E-state index in [1.807, 2.05) is 5.32 Å². The number of rotatable bonds is 3. The summed E-state index contributed by atoms with van der Waals surface area (Å²) in [6.07, 6.45) is -1.20. The number of nitrogens with zero attached hydrogens (tertiary/aromatic N) is 1. The molecule has 13 heavy (non-hydrogen) atoms. The Morgan fingerprint density at radius 1 is 1.69 bits per heavy atom. The predicted molar refractivity (Wildman–Crippen MR) is 47.2 cm³/mol. The minimum absolute atomic E-state index is 0.200. The van der Waals surface area contributed by atoms with Crippen LogP contribution in [-0.4, -0.2) is 27.9 Å². The monoisotopic (exact) mass is 200 g/mol. The molecule has 0 unspecified atom stereocenters. The van der Waals surface area contributed by atoms with Gasteiger partial charge in [0.2, 0.25) is 0 Å². The third kappa shape index (κ3) is 2.51. The number of aryl methyl sites for hydroxylation is 1. The van der Waals surface area contributed by atoms with Crippen LogP contribution in [0.5, 0.6) is 0 Å². The Morgan fingerprint density at radius 2 is 2.38 bits per heavy atom. The zero-order valence-corrected chi connectivity index (χ0v) is 7.72. The van der Waals surface area contributed by atoms with Crippen molar-refractivity contribution >= 4 is 23.4 Å². The first-order chi connectivity index (χ1) is 6.11. The summed E-state index contributed by atoms with van der Waals surface area (Å²) >= 11 is 1.18. The van der Waals surface area contributed by atoms with E-state index < -0.39 is 6.09 Å². The highest BCUT2D eigenvalue weighted by Gasteiger charge is 2.11. The number of ketones is 1. The van der Waals surface area contributed by atoms with Gasteiger partial charge in [0, 0.05) is 5.38 Å². The number of carbonyl (C=O) groups excluding carboxylic acids is 1. The molecule has 0 aliphatic rings. The Balaban J connectivity index is 2.59. The van der Waals surface area contributed by atoms with Crippen molar-refractivity contribution in [2.75, 3.05) is 6.54 Å². The van der Waals surface area contributed by atoms with Gasteiger partial charge in [-0.15, -0.1) is 0 Å². The Labute approximate surface area is 78.6 Å². The molecular formula is C7H8N2O3S. The molecule has 0 spiro atoms. The maximum atomic E-state index is 11.3. The first-order valence-electron chi connectivity index (χ1n) is 3.52. The van der Waals surface area contributed by atoms with Crippen LogP contribution in [0.15, 0.2) is 5.38 Å². The summed E-state index contributed by atoms with van der Waals surface area (Å²) in [4.78, 5) is 21.4. The Bertz CT molecular complexity index is 334. The third-order valence-electron chi connectivity index (χ3n) is 1.45. The molecule has 70 valence electrons. The molecule has 0 saturated heterocycles. The number of carboxylic acid groups (broad SMARTS) is 1. The summed E-state index contributed by atoms with van der Waals surface area (Å²) in [5.74, 6) is -0.256. The number of hydrogen-bond donors (Lipinski definition) is 2. The molecular weight excluding hydrogens is 192 g/mol. The average molecular weight is 200 g/mol. The maximum absolute atomic E-state index is 11.3. The number of hydrogen-bond acceptors (Lipinski definition) is 4. The van der Waals surface area contributed by atoms with Gasteiger partial charge in [-0.25, -0.2) is 4.79 Å². The van der Waals surface area contributed by atoms with Crippen molar-refractivity contribution in [3.63, 3.8) is 0 Å². The second-order valence-electron chi connectivity index (χ2n) is 2.40. The lowest BCUT2D eigenvalue weighted by molar-refractivity contribution is 0.0986. The van der Waals surface area contributed by atoms with E-state index in [0.717, 1.165) is 0 Å². The van der Waals surface area contributed by atoms with E-state index in [1.54, 1.807) is 12.3 Å². The first-order valence-corrected chi connectivity index (χ1v) is 4.36. The maximum Gasteiger partial charge on any atom is 0.405 e. The van der Waals surface area contributed by atoms with Crippen LogP contribution in [-0.2, 0) is 0 Å². The van der Waals surface area contributed by atoms with Crippen LogP contribution < -0.4 is 5.32 Å². The van der Waals surface area contributed by atoms with Gasteiger partial charge in [-0.3, -0.25) is 4.79 Å². The highest BCUT2D eigenvalue weighted by atomic mass is 32.1. The van der Waals surface area contributed by atoms with Crippen LogP contribution >= 0.6 is 11.5 Å². The second-order valence-corrected chi connectivity index (χ2v) is 3.02. The van der Waals surface area contributed by atoms with Crippen molar-refractivity contribution in [1.82, 2.24) is 9.69 Å². The molecule has 1 amide bonds. The standard InChI is InChI=1S/C7H8N2O3S/c1-4-5(3-13-9-4)6(10)2-8-7(11)12/h3,8H,2H2,1H3,(H,11,12). The van der Waals surface area contributed by atoms with Gasteiger partial charge in [0.1, 0.15) is 0 Å². The smallest absolute Gasteiger partial charge is 0.405 e. The van der Waals surface area contributed by atoms with Crippen LogP contribution in [0.2, 0.25) is 0 Å². The minimum Gasteiger partial charge on any atom is -0.465 e. The van der Waals surface area contributed by atoms with Gasteiger partial charge < -0.3 is 10.4 Å². The molecule has 2 N–H and O–H groups in total. The molecule has 0 aromatic carbocycles. The van der Waals surface area contributed by atoms with Gasteiger partial charge in [-0.1, -0.05) is 0 Å².